The standard InChI is InChI=1S/C20H22O3S/c21-20(12-18-9-10-19(13-20)24(18)22)16-7-4-8-17(11-16)23-14-15-5-2-1-3-6-15/h1-8,11,18-19,21H,9-10,12-14H2. The lowest BCUT2D eigenvalue weighted by Crippen LogP contribution is -2.40. The van der Waals surface area contributed by atoms with E-state index in [1.807, 2.05) is 54.6 Å². The molecule has 2 saturated heterocycles. The van der Waals surface area contributed by atoms with Gasteiger partial charge >= 0.3 is 0 Å². The molecule has 126 valence electrons. The summed E-state index contributed by atoms with van der Waals surface area (Å²) in [6.07, 6.45) is 3.14. The van der Waals surface area contributed by atoms with Crippen LogP contribution in [-0.4, -0.2) is 19.8 Å². The Morgan fingerprint density at radius 1 is 1.04 bits per heavy atom. The number of hydrogen-bond acceptors (Lipinski definition) is 3. The minimum absolute atomic E-state index is 0.141. The summed E-state index contributed by atoms with van der Waals surface area (Å²) < 4.78 is 18.1. The van der Waals surface area contributed by atoms with Crippen LogP contribution in [0.3, 0.4) is 0 Å². The second kappa shape index (κ2) is 6.34. The van der Waals surface area contributed by atoms with E-state index in [1.165, 1.54) is 0 Å². The third kappa shape index (κ3) is 3.01. The lowest BCUT2D eigenvalue weighted by molar-refractivity contribution is 0.0182. The van der Waals surface area contributed by atoms with Crippen LogP contribution < -0.4 is 4.74 Å². The third-order valence-electron chi connectivity index (χ3n) is 5.22. The largest absolute Gasteiger partial charge is 0.489 e. The zero-order chi connectivity index (χ0) is 16.6. The van der Waals surface area contributed by atoms with Crippen LogP contribution in [0.15, 0.2) is 54.6 Å². The van der Waals surface area contributed by atoms with E-state index < -0.39 is 16.4 Å². The Labute approximate surface area is 145 Å². The molecule has 2 aromatic rings. The van der Waals surface area contributed by atoms with Gasteiger partial charge in [-0.15, -0.1) is 0 Å². The molecule has 2 heterocycles. The average molecular weight is 342 g/mol. The quantitative estimate of drug-likeness (QED) is 0.925. The molecule has 0 amide bonds. The zero-order valence-electron chi connectivity index (χ0n) is 13.6. The third-order valence-corrected chi connectivity index (χ3v) is 7.34. The van der Waals surface area contributed by atoms with Crippen LogP contribution in [-0.2, 0) is 23.0 Å². The van der Waals surface area contributed by atoms with Crippen molar-refractivity contribution in [3.8, 4) is 5.75 Å². The summed E-state index contributed by atoms with van der Waals surface area (Å²) in [6.45, 7) is 0.512. The van der Waals surface area contributed by atoms with Crippen LogP contribution in [0, 0.1) is 0 Å². The molecule has 24 heavy (non-hydrogen) atoms. The van der Waals surface area contributed by atoms with E-state index in [0.717, 1.165) is 29.7 Å². The molecular weight excluding hydrogens is 320 g/mol. The SMILES string of the molecule is O=S1C2CCC1CC(O)(c1cccc(OCc3ccccc3)c1)C2. The van der Waals surface area contributed by atoms with Crippen molar-refractivity contribution < 1.29 is 14.1 Å². The molecule has 2 unspecified atom stereocenters. The lowest BCUT2D eigenvalue weighted by Gasteiger charge is -2.36. The highest BCUT2D eigenvalue weighted by Gasteiger charge is 2.48. The summed E-state index contributed by atoms with van der Waals surface area (Å²) in [6, 6.07) is 17.8. The Kier molecular flexibility index (Phi) is 4.19. The van der Waals surface area contributed by atoms with Crippen LogP contribution in [0.25, 0.3) is 0 Å². The summed E-state index contributed by atoms with van der Waals surface area (Å²) in [5.74, 6) is 0.767. The smallest absolute Gasteiger partial charge is 0.120 e. The predicted octanol–water partition coefficient (Wildman–Crippen LogP) is 3.53. The molecular formula is C20H22O3S. The monoisotopic (exact) mass is 342 g/mol. The molecule has 0 saturated carbocycles. The minimum Gasteiger partial charge on any atom is -0.489 e. The van der Waals surface area contributed by atoms with Gasteiger partial charge in [0.1, 0.15) is 12.4 Å². The molecule has 2 atom stereocenters. The fraction of sp³-hybridized carbons (Fsp3) is 0.400. The maximum Gasteiger partial charge on any atom is 0.120 e. The number of benzene rings is 2. The summed E-state index contributed by atoms with van der Waals surface area (Å²) in [5.41, 5.74) is 1.14. The zero-order valence-corrected chi connectivity index (χ0v) is 14.4. The van der Waals surface area contributed by atoms with Crippen LogP contribution in [0.1, 0.15) is 36.8 Å². The minimum atomic E-state index is -0.869. The number of rotatable bonds is 4. The van der Waals surface area contributed by atoms with Crippen molar-refractivity contribution in [2.45, 2.75) is 48.4 Å². The van der Waals surface area contributed by atoms with Crippen molar-refractivity contribution in [3.63, 3.8) is 0 Å². The first-order valence-corrected chi connectivity index (χ1v) is 9.81. The summed E-state index contributed by atoms with van der Waals surface area (Å²) in [5, 5.41) is 11.4. The van der Waals surface area contributed by atoms with Gasteiger partial charge < -0.3 is 9.84 Å². The molecule has 2 aliphatic heterocycles. The van der Waals surface area contributed by atoms with Crippen LogP contribution >= 0.6 is 0 Å². The highest BCUT2D eigenvalue weighted by atomic mass is 32.2. The fourth-order valence-corrected chi connectivity index (χ4v) is 6.09. The molecule has 4 rings (SSSR count). The van der Waals surface area contributed by atoms with Gasteiger partial charge in [0.15, 0.2) is 0 Å². The van der Waals surface area contributed by atoms with Gasteiger partial charge in [0.2, 0.25) is 0 Å². The molecule has 2 aromatic carbocycles. The first-order chi connectivity index (χ1) is 11.6. The van der Waals surface area contributed by atoms with Crippen LogP contribution in [0.4, 0.5) is 0 Å². The molecule has 0 radical (unpaired) electrons. The molecule has 0 aliphatic carbocycles. The molecule has 2 aliphatic rings. The Morgan fingerprint density at radius 2 is 1.75 bits per heavy atom. The Morgan fingerprint density at radius 3 is 2.46 bits per heavy atom. The topological polar surface area (TPSA) is 46.5 Å². The van der Waals surface area contributed by atoms with Gasteiger partial charge in [0, 0.05) is 21.3 Å². The van der Waals surface area contributed by atoms with Gasteiger partial charge in [-0.2, -0.15) is 0 Å². The number of ether oxygens (including phenoxy) is 1. The van der Waals surface area contributed by atoms with E-state index in [-0.39, 0.29) is 10.5 Å². The summed E-state index contributed by atoms with van der Waals surface area (Å²) in [7, 11) is -0.764. The fourth-order valence-electron chi connectivity index (χ4n) is 3.93. The van der Waals surface area contributed by atoms with E-state index in [1.54, 1.807) is 0 Å². The molecule has 4 heteroatoms. The van der Waals surface area contributed by atoms with Gasteiger partial charge in [-0.25, -0.2) is 0 Å². The van der Waals surface area contributed by atoms with Crippen molar-refractivity contribution in [1.29, 1.82) is 0 Å². The van der Waals surface area contributed by atoms with Crippen molar-refractivity contribution >= 4 is 10.8 Å². The number of fused-ring (bicyclic) bond motifs is 2. The van der Waals surface area contributed by atoms with Gasteiger partial charge in [-0.1, -0.05) is 42.5 Å². The molecule has 0 spiro atoms. The summed E-state index contributed by atoms with van der Waals surface area (Å²) in [4.78, 5) is 0. The van der Waals surface area contributed by atoms with E-state index in [9.17, 15) is 9.32 Å². The molecule has 2 bridgehead atoms. The maximum atomic E-state index is 12.2. The predicted molar refractivity (Wildman–Crippen MR) is 95.3 cm³/mol. The Bertz CT molecular complexity index is 728. The van der Waals surface area contributed by atoms with Gasteiger partial charge in [-0.3, -0.25) is 4.21 Å². The van der Waals surface area contributed by atoms with Crippen LogP contribution in [0.5, 0.6) is 5.75 Å². The van der Waals surface area contributed by atoms with Gasteiger partial charge in [0.05, 0.1) is 5.60 Å². The number of hydrogen-bond donors (Lipinski definition) is 1. The lowest BCUT2D eigenvalue weighted by atomic mass is 9.86. The number of aliphatic hydroxyl groups is 1. The first-order valence-electron chi connectivity index (χ1n) is 8.53. The van der Waals surface area contributed by atoms with Gasteiger partial charge in [-0.05, 0) is 48.9 Å². The average Bonchev–Trinajstić information content (AvgIpc) is 2.83. The van der Waals surface area contributed by atoms with Gasteiger partial charge in [0.25, 0.3) is 0 Å². The second-order valence-electron chi connectivity index (χ2n) is 6.89. The summed E-state index contributed by atoms with van der Waals surface area (Å²) >= 11 is 0. The van der Waals surface area contributed by atoms with E-state index >= 15 is 0 Å². The normalized spacial score (nSPS) is 31.8. The molecule has 0 aromatic heterocycles. The molecule has 1 N–H and O–H groups in total. The van der Waals surface area contributed by atoms with Crippen molar-refractivity contribution in [1.82, 2.24) is 0 Å². The van der Waals surface area contributed by atoms with Crippen molar-refractivity contribution in [3.05, 3.63) is 65.7 Å². The molecule has 2 fully saturated rings. The maximum absolute atomic E-state index is 12.2. The Balaban J connectivity index is 1.51. The van der Waals surface area contributed by atoms with Crippen molar-refractivity contribution in [2.24, 2.45) is 0 Å². The first kappa shape index (κ1) is 15.9. The van der Waals surface area contributed by atoms with E-state index in [0.29, 0.717) is 19.4 Å². The van der Waals surface area contributed by atoms with E-state index in [4.69, 9.17) is 4.74 Å². The van der Waals surface area contributed by atoms with Crippen LogP contribution in [0.2, 0.25) is 0 Å². The van der Waals surface area contributed by atoms with Crippen molar-refractivity contribution in [2.75, 3.05) is 0 Å². The Hall–Kier alpha value is -1.65. The highest BCUT2D eigenvalue weighted by Crippen LogP contribution is 2.46. The van der Waals surface area contributed by atoms with E-state index in [2.05, 4.69) is 0 Å². The highest BCUT2D eigenvalue weighted by molar-refractivity contribution is 7.86. The molecule has 3 nitrogen and oxygen atoms in total. The second-order valence-corrected chi connectivity index (χ2v) is 8.88.